The van der Waals surface area contributed by atoms with E-state index in [1.807, 2.05) is 17.0 Å². The first-order chi connectivity index (χ1) is 12.8. The van der Waals surface area contributed by atoms with E-state index in [0.29, 0.717) is 17.8 Å². The van der Waals surface area contributed by atoms with E-state index >= 15 is 0 Å². The molecular weight excluding hydrogens is 336 g/mol. The topological polar surface area (TPSA) is 31.1 Å². The van der Waals surface area contributed by atoms with Gasteiger partial charge in [-0.15, -0.1) is 0 Å². The van der Waals surface area contributed by atoms with Gasteiger partial charge in [0.2, 0.25) is 5.91 Å². The van der Waals surface area contributed by atoms with E-state index in [1.54, 1.807) is 6.92 Å². The van der Waals surface area contributed by atoms with E-state index in [-0.39, 0.29) is 11.4 Å². The Morgan fingerprint density at radius 2 is 1.81 bits per heavy atom. The molecule has 5 heteroatoms. The van der Waals surface area contributed by atoms with Crippen molar-refractivity contribution < 1.29 is 4.79 Å². The van der Waals surface area contributed by atoms with Gasteiger partial charge < -0.3 is 4.90 Å². The molecule has 1 amide bonds. The standard InChI is InChI=1S/C22H32N4O/c1-17-16-25(22(4)10-12-24(13-11-22)19(3)27)14-15-26(17)18(2)20-6-8-21(23-5)9-7-20/h6-9,17-18H,10-16H2,1-4H3/t17-,18-/m0/s1. The quantitative estimate of drug-likeness (QED) is 0.762. The Bertz CT molecular complexity index is 700. The fourth-order valence-electron chi connectivity index (χ4n) is 4.68. The van der Waals surface area contributed by atoms with E-state index in [2.05, 4.69) is 47.5 Å². The monoisotopic (exact) mass is 368 g/mol. The maximum atomic E-state index is 11.6. The minimum Gasteiger partial charge on any atom is -0.343 e. The molecule has 0 unspecified atom stereocenters. The highest BCUT2D eigenvalue weighted by Crippen LogP contribution is 2.33. The van der Waals surface area contributed by atoms with Crippen molar-refractivity contribution in [2.75, 3.05) is 32.7 Å². The third-order valence-corrected chi connectivity index (χ3v) is 6.73. The van der Waals surface area contributed by atoms with E-state index < -0.39 is 0 Å². The molecule has 5 nitrogen and oxygen atoms in total. The van der Waals surface area contributed by atoms with Gasteiger partial charge in [0.05, 0.1) is 6.57 Å². The van der Waals surface area contributed by atoms with E-state index in [0.717, 1.165) is 45.6 Å². The zero-order chi connectivity index (χ0) is 19.6. The van der Waals surface area contributed by atoms with Gasteiger partial charge in [0, 0.05) is 57.3 Å². The summed E-state index contributed by atoms with van der Waals surface area (Å²) >= 11 is 0. The van der Waals surface area contributed by atoms with Crippen molar-refractivity contribution in [3.8, 4) is 0 Å². The maximum absolute atomic E-state index is 11.6. The summed E-state index contributed by atoms with van der Waals surface area (Å²) in [5.74, 6) is 0.202. The molecule has 2 atom stereocenters. The second kappa shape index (κ2) is 8.00. The Morgan fingerprint density at radius 3 is 2.33 bits per heavy atom. The number of nitrogens with zero attached hydrogens (tertiary/aromatic N) is 4. The number of piperazine rings is 1. The third kappa shape index (κ3) is 4.17. The number of benzene rings is 1. The van der Waals surface area contributed by atoms with Crippen molar-refractivity contribution in [2.45, 2.75) is 58.2 Å². The number of likely N-dealkylation sites (tertiary alicyclic amines) is 1. The molecule has 0 N–H and O–H groups in total. The van der Waals surface area contributed by atoms with Crippen LogP contribution in [-0.4, -0.2) is 64.9 Å². The van der Waals surface area contributed by atoms with Crippen LogP contribution < -0.4 is 0 Å². The molecule has 1 aromatic rings. The summed E-state index contributed by atoms with van der Waals surface area (Å²) in [5.41, 5.74) is 2.18. The summed E-state index contributed by atoms with van der Waals surface area (Å²) in [7, 11) is 0. The zero-order valence-electron chi connectivity index (χ0n) is 17.1. The number of carbonyl (C=O) groups is 1. The van der Waals surface area contributed by atoms with Gasteiger partial charge in [-0.1, -0.05) is 24.3 Å². The normalized spacial score (nSPS) is 25.0. The van der Waals surface area contributed by atoms with E-state index in [9.17, 15) is 4.79 Å². The van der Waals surface area contributed by atoms with Crippen LogP contribution >= 0.6 is 0 Å². The van der Waals surface area contributed by atoms with Gasteiger partial charge in [0.25, 0.3) is 0 Å². The molecule has 0 spiro atoms. The highest BCUT2D eigenvalue weighted by Gasteiger charge is 2.40. The lowest BCUT2D eigenvalue weighted by atomic mass is 9.86. The van der Waals surface area contributed by atoms with Crippen molar-refractivity contribution in [3.05, 3.63) is 41.2 Å². The second-order valence-electron chi connectivity index (χ2n) is 8.42. The summed E-state index contributed by atoms with van der Waals surface area (Å²) in [6.07, 6.45) is 2.12. The highest BCUT2D eigenvalue weighted by atomic mass is 16.2. The van der Waals surface area contributed by atoms with Crippen molar-refractivity contribution in [1.29, 1.82) is 0 Å². The maximum Gasteiger partial charge on any atom is 0.219 e. The SMILES string of the molecule is [C-]#[N+]c1ccc([C@H](C)N2CCN(C3(C)CCN(C(C)=O)CC3)C[C@@H]2C)cc1. The molecule has 0 bridgehead atoms. The van der Waals surface area contributed by atoms with Gasteiger partial charge in [-0.25, -0.2) is 4.85 Å². The van der Waals surface area contributed by atoms with Crippen molar-refractivity contribution in [3.63, 3.8) is 0 Å². The van der Waals surface area contributed by atoms with Crippen molar-refractivity contribution in [2.24, 2.45) is 0 Å². The van der Waals surface area contributed by atoms with Crippen LogP contribution in [0.2, 0.25) is 0 Å². The van der Waals surface area contributed by atoms with Crippen molar-refractivity contribution in [1.82, 2.24) is 14.7 Å². The molecule has 27 heavy (non-hydrogen) atoms. The number of rotatable bonds is 3. The van der Waals surface area contributed by atoms with Crippen molar-refractivity contribution >= 4 is 11.6 Å². The Hall–Kier alpha value is -1.90. The van der Waals surface area contributed by atoms with Crippen LogP contribution in [0.25, 0.3) is 4.85 Å². The minimum absolute atomic E-state index is 0.201. The minimum atomic E-state index is 0.201. The van der Waals surface area contributed by atoms with Crippen LogP contribution in [0.4, 0.5) is 5.69 Å². The van der Waals surface area contributed by atoms with Crippen LogP contribution in [0.5, 0.6) is 0 Å². The average molecular weight is 369 g/mol. The second-order valence-corrected chi connectivity index (χ2v) is 8.42. The molecule has 2 aliphatic rings. The molecule has 1 aromatic carbocycles. The lowest BCUT2D eigenvalue weighted by Crippen LogP contribution is -2.62. The lowest BCUT2D eigenvalue weighted by Gasteiger charge is -2.52. The van der Waals surface area contributed by atoms with Crippen LogP contribution in [0.15, 0.2) is 24.3 Å². The summed E-state index contributed by atoms with van der Waals surface area (Å²) in [6.45, 7) is 20.7. The first-order valence-electron chi connectivity index (χ1n) is 10.1. The van der Waals surface area contributed by atoms with Gasteiger partial charge in [-0.05, 0) is 39.2 Å². The molecule has 0 radical (unpaired) electrons. The summed E-state index contributed by atoms with van der Waals surface area (Å²) in [6, 6.07) is 8.87. The summed E-state index contributed by atoms with van der Waals surface area (Å²) in [5, 5.41) is 0. The Kier molecular flexibility index (Phi) is 5.88. The molecule has 2 fully saturated rings. The number of amides is 1. The molecule has 2 saturated heterocycles. The lowest BCUT2D eigenvalue weighted by molar-refractivity contribution is -0.132. The first-order valence-corrected chi connectivity index (χ1v) is 10.1. The summed E-state index contributed by atoms with van der Waals surface area (Å²) < 4.78 is 0. The van der Waals surface area contributed by atoms with Crippen LogP contribution in [0.1, 0.15) is 52.1 Å². The third-order valence-electron chi connectivity index (χ3n) is 6.73. The average Bonchev–Trinajstić information content (AvgIpc) is 2.68. The van der Waals surface area contributed by atoms with Crippen LogP contribution in [0, 0.1) is 6.57 Å². The smallest absolute Gasteiger partial charge is 0.219 e. The molecule has 0 aromatic heterocycles. The van der Waals surface area contributed by atoms with Gasteiger partial charge >= 0.3 is 0 Å². The van der Waals surface area contributed by atoms with E-state index in [4.69, 9.17) is 6.57 Å². The largest absolute Gasteiger partial charge is 0.343 e. The number of hydrogen-bond donors (Lipinski definition) is 0. The highest BCUT2D eigenvalue weighted by molar-refractivity contribution is 5.73. The molecular formula is C22H32N4O. The molecule has 0 saturated carbocycles. The van der Waals surface area contributed by atoms with Gasteiger partial charge in [0.1, 0.15) is 0 Å². The molecule has 0 aliphatic carbocycles. The number of carbonyl (C=O) groups excluding carboxylic acids is 1. The zero-order valence-corrected chi connectivity index (χ0v) is 17.1. The predicted octanol–water partition coefficient (Wildman–Crippen LogP) is 3.71. The fraction of sp³-hybridized carbons (Fsp3) is 0.636. The van der Waals surface area contributed by atoms with Gasteiger partial charge in [0.15, 0.2) is 5.69 Å². The number of piperidine rings is 1. The number of hydrogen-bond acceptors (Lipinski definition) is 3. The molecule has 2 heterocycles. The Balaban J connectivity index is 1.61. The molecule has 146 valence electrons. The fourth-order valence-corrected chi connectivity index (χ4v) is 4.68. The van der Waals surface area contributed by atoms with Crippen LogP contribution in [0.3, 0.4) is 0 Å². The predicted molar refractivity (Wildman–Crippen MR) is 109 cm³/mol. The van der Waals surface area contributed by atoms with Gasteiger partial charge in [-0.3, -0.25) is 14.6 Å². The summed E-state index contributed by atoms with van der Waals surface area (Å²) in [4.78, 5) is 22.3. The molecule has 2 aliphatic heterocycles. The van der Waals surface area contributed by atoms with Gasteiger partial charge in [-0.2, -0.15) is 0 Å². The Morgan fingerprint density at radius 1 is 1.19 bits per heavy atom. The Labute approximate surface area is 163 Å². The first kappa shape index (κ1) is 19.9. The van der Waals surface area contributed by atoms with Crippen LogP contribution in [-0.2, 0) is 4.79 Å². The van der Waals surface area contributed by atoms with E-state index in [1.165, 1.54) is 5.56 Å². The molecule has 3 rings (SSSR count).